The van der Waals surface area contributed by atoms with Gasteiger partial charge in [0.25, 0.3) is 5.69 Å². The van der Waals surface area contributed by atoms with Crippen LogP contribution >= 0.6 is 11.6 Å². The third-order valence-corrected chi connectivity index (χ3v) is 4.36. The molecule has 0 amide bonds. The van der Waals surface area contributed by atoms with Crippen LogP contribution in [0, 0.1) is 10.1 Å². The summed E-state index contributed by atoms with van der Waals surface area (Å²) in [5.41, 5.74) is 2.30. The van der Waals surface area contributed by atoms with Crippen molar-refractivity contribution in [1.82, 2.24) is 4.98 Å². The smallest absolute Gasteiger partial charge is 0.270 e. The van der Waals surface area contributed by atoms with Gasteiger partial charge in [0.2, 0.25) is 5.89 Å². The molecular weight excluding hydrogens is 382 g/mol. The SMILES string of the molecule is O=[N+]([O-])c1ccc([O-])c(C=Nc2ccc3oc(-c4ccccc4Cl)nc3c2)c1. The molecule has 7 nitrogen and oxygen atoms in total. The molecule has 138 valence electrons. The van der Waals surface area contributed by atoms with E-state index >= 15 is 0 Å². The molecule has 3 aromatic carbocycles. The molecule has 0 spiro atoms. The summed E-state index contributed by atoms with van der Waals surface area (Å²) in [6.07, 6.45) is 1.30. The quantitative estimate of drug-likeness (QED) is 0.279. The first-order valence-corrected chi connectivity index (χ1v) is 8.54. The largest absolute Gasteiger partial charge is 0.872 e. The number of non-ortho nitro benzene ring substituents is 1. The van der Waals surface area contributed by atoms with Gasteiger partial charge in [0.1, 0.15) is 5.52 Å². The highest BCUT2D eigenvalue weighted by Gasteiger charge is 2.11. The van der Waals surface area contributed by atoms with Crippen molar-refractivity contribution >= 4 is 40.3 Å². The topological polar surface area (TPSA) is 105 Å². The Morgan fingerprint density at radius 1 is 1.11 bits per heavy atom. The summed E-state index contributed by atoms with van der Waals surface area (Å²) < 4.78 is 5.74. The van der Waals surface area contributed by atoms with E-state index in [0.717, 1.165) is 12.1 Å². The van der Waals surface area contributed by atoms with Gasteiger partial charge in [-0.1, -0.05) is 35.5 Å². The molecule has 0 saturated carbocycles. The normalized spacial score (nSPS) is 11.3. The van der Waals surface area contributed by atoms with Crippen molar-refractivity contribution in [3.63, 3.8) is 0 Å². The average Bonchev–Trinajstić information content (AvgIpc) is 3.10. The Labute approximate surface area is 163 Å². The van der Waals surface area contributed by atoms with Gasteiger partial charge in [-0.05, 0) is 35.9 Å². The zero-order valence-corrected chi connectivity index (χ0v) is 15.0. The number of aliphatic imine (C=N–C) groups is 1. The Bertz CT molecular complexity index is 1230. The minimum absolute atomic E-state index is 0.131. The van der Waals surface area contributed by atoms with Gasteiger partial charge in [-0.2, -0.15) is 0 Å². The summed E-state index contributed by atoms with van der Waals surface area (Å²) in [7, 11) is 0. The van der Waals surface area contributed by atoms with E-state index in [0.29, 0.717) is 33.3 Å². The number of hydrogen-bond donors (Lipinski definition) is 0. The average molecular weight is 393 g/mol. The second-order valence-electron chi connectivity index (χ2n) is 5.89. The van der Waals surface area contributed by atoms with Crippen LogP contribution in [0.2, 0.25) is 5.02 Å². The molecule has 8 heteroatoms. The van der Waals surface area contributed by atoms with Crippen LogP contribution in [0.1, 0.15) is 5.56 Å². The van der Waals surface area contributed by atoms with E-state index in [2.05, 4.69) is 9.98 Å². The maximum absolute atomic E-state index is 11.9. The number of aromatic nitrogens is 1. The van der Waals surface area contributed by atoms with Crippen molar-refractivity contribution in [2.75, 3.05) is 0 Å². The summed E-state index contributed by atoms with van der Waals surface area (Å²) in [6.45, 7) is 0. The van der Waals surface area contributed by atoms with Crippen LogP contribution in [-0.2, 0) is 0 Å². The summed E-state index contributed by atoms with van der Waals surface area (Å²) >= 11 is 6.18. The van der Waals surface area contributed by atoms with Gasteiger partial charge < -0.3 is 9.52 Å². The predicted molar refractivity (Wildman–Crippen MR) is 104 cm³/mol. The summed E-state index contributed by atoms with van der Waals surface area (Å²) in [5, 5.41) is 23.3. The fraction of sp³-hybridized carbons (Fsp3) is 0. The molecule has 28 heavy (non-hydrogen) atoms. The minimum atomic E-state index is -0.561. The first-order chi connectivity index (χ1) is 13.5. The highest BCUT2D eigenvalue weighted by atomic mass is 35.5. The maximum Gasteiger partial charge on any atom is 0.270 e. The minimum Gasteiger partial charge on any atom is -0.872 e. The summed E-state index contributed by atoms with van der Waals surface area (Å²) in [5.74, 6) is 0.0418. The Morgan fingerprint density at radius 2 is 1.93 bits per heavy atom. The molecule has 0 bridgehead atoms. The number of nitro benzene ring substituents is 1. The van der Waals surface area contributed by atoms with E-state index in [1.165, 1.54) is 12.3 Å². The van der Waals surface area contributed by atoms with E-state index in [9.17, 15) is 15.2 Å². The fourth-order valence-corrected chi connectivity index (χ4v) is 2.86. The van der Waals surface area contributed by atoms with Gasteiger partial charge in [-0.15, -0.1) is 0 Å². The first-order valence-electron chi connectivity index (χ1n) is 8.16. The van der Waals surface area contributed by atoms with Crippen LogP contribution in [0.15, 0.2) is 70.1 Å². The standard InChI is InChI=1S/C20H12ClN3O4/c21-16-4-2-1-3-15(16)20-23-17-10-13(5-8-19(17)28-20)22-11-12-9-14(24(26)27)6-7-18(12)25/h1-11,25H/p-1. The number of benzene rings is 3. The van der Waals surface area contributed by atoms with Gasteiger partial charge in [-0.25, -0.2) is 4.98 Å². The zero-order valence-electron chi connectivity index (χ0n) is 14.2. The van der Waals surface area contributed by atoms with Crippen molar-refractivity contribution in [2.45, 2.75) is 0 Å². The number of fused-ring (bicyclic) bond motifs is 1. The second-order valence-corrected chi connectivity index (χ2v) is 6.30. The lowest BCUT2D eigenvalue weighted by Gasteiger charge is -2.08. The third-order valence-electron chi connectivity index (χ3n) is 4.03. The Balaban J connectivity index is 1.67. The van der Waals surface area contributed by atoms with Gasteiger partial charge in [-0.3, -0.25) is 15.1 Å². The molecule has 0 saturated heterocycles. The molecule has 0 atom stereocenters. The van der Waals surface area contributed by atoms with Gasteiger partial charge in [0.05, 0.1) is 21.2 Å². The molecule has 1 aromatic heterocycles. The summed E-state index contributed by atoms with van der Waals surface area (Å²) in [6, 6.07) is 15.8. The highest BCUT2D eigenvalue weighted by molar-refractivity contribution is 6.33. The summed E-state index contributed by atoms with van der Waals surface area (Å²) in [4.78, 5) is 19.0. The van der Waals surface area contributed by atoms with Gasteiger partial charge in [0.15, 0.2) is 5.58 Å². The molecule has 0 aliphatic heterocycles. The fourth-order valence-electron chi connectivity index (χ4n) is 2.64. The molecular formula is C20H11ClN3O4-. The molecule has 0 aliphatic carbocycles. The maximum atomic E-state index is 11.9. The van der Waals surface area contributed by atoms with Crippen molar-refractivity contribution in [3.05, 3.63) is 81.4 Å². The number of oxazole rings is 1. The lowest BCUT2D eigenvalue weighted by molar-refractivity contribution is -0.385. The zero-order chi connectivity index (χ0) is 19.7. The Hall–Kier alpha value is -3.71. The Morgan fingerprint density at radius 3 is 2.71 bits per heavy atom. The number of nitro groups is 1. The van der Waals surface area contributed by atoms with Crippen LogP contribution in [-0.4, -0.2) is 16.1 Å². The van der Waals surface area contributed by atoms with E-state index in [1.807, 2.05) is 18.2 Å². The van der Waals surface area contributed by atoms with E-state index < -0.39 is 4.92 Å². The van der Waals surface area contributed by atoms with E-state index in [-0.39, 0.29) is 17.0 Å². The van der Waals surface area contributed by atoms with Crippen LogP contribution < -0.4 is 5.11 Å². The van der Waals surface area contributed by atoms with E-state index in [4.69, 9.17) is 16.0 Å². The van der Waals surface area contributed by atoms with Crippen molar-refractivity contribution in [1.29, 1.82) is 0 Å². The van der Waals surface area contributed by atoms with Crippen LogP contribution in [0.5, 0.6) is 5.75 Å². The lowest BCUT2D eigenvalue weighted by atomic mass is 10.2. The third kappa shape index (κ3) is 3.43. The molecule has 0 aliphatic rings. The second kappa shape index (κ2) is 7.13. The molecule has 0 fully saturated rings. The molecule has 0 radical (unpaired) electrons. The molecule has 0 unspecified atom stereocenters. The highest BCUT2D eigenvalue weighted by Crippen LogP contribution is 2.31. The van der Waals surface area contributed by atoms with E-state index in [1.54, 1.807) is 24.3 Å². The number of rotatable bonds is 4. The van der Waals surface area contributed by atoms with Crippen molar-refractivity contribution in [2.24, 2.45) is 4.99 Å². The van der Waals surface area contributed by atoms with Crippen LogP contribution in [0.25, 0.3) is 22.6 Å². The van der Waals surface area contributed by atoms with Gasteiger partial charge in [0, 0.05) is 18.3 Å². The van der Waals surface area contributed by atoms with Crippen molar-refractivity contribution < 1.29 is 14.4 Å². The first kappa shape index (κ1) is 17.7. The number of hydrogen-bond acceptors (Lipinski definition) is 6. The predicted octanol–water partition coefficient (Wildman–Crippen LogP) is 4.88. The van der Waals surface area contributed by atoms with Crippen LogP contribution in [0.4, 0.5) is 11.4 Å². The van der Waals surface area contributed by atoms with Gasteiger partial charge >= 0.3 is 0 Å². The molecule has 4 rings (SSSR count). The number of nitrogens with zero attached hydrogens (tertiary/aromatic N) is 3. The Kier molecular flexibility index (Phi) is 4.50. The number of halogens is 1. The monoisotopic (exact) mass is 392 g/mol. The van der Waals surface area contributed by atoms with Crippen LogP contribution in [0.3, 0.4) is 0 Å². The molecule has 4 aromatic rings. The molecule has 1 heterocycles. The lowest BCUT2D eigenvalue weighted by Crippen LogP contribution is -1.98. The molecule has 0 N–H and O–H groups in total. The van der Waals surface area contributed by atoms with Crippen molar-refractivity contribution in [3.8, 4) is 17.2 Å².